The highest BCUT2D eigenvalue weighted by molar-refractivity contribution is 9.10. The SMILES string of the molecule is CN(Cc1cc(Br)n(S(=O)(=O)c2cccc(F)c2)c1)C(=O)O. The van der Waals surface area contributed by atoms with Crippen molar-refractivity contribution in [3.05, 3.63) is 52.5 Å². The maximum atomic E-state index is 13.2. The van der Waals surface area contributed by atoms with Crippen LogP contribution in [0.3, 0.4) is 0 Å². The fraction of sp³-hybridized carbons (Fsp3) is 0.154. The van der Waals surface area contributed by atoms with Gasteiger partial charge in [0.05, 0.1) is 11.4 Å². The van der Waals surface area contributed by atoms with Gasteiger partial charge in [0.25, 0.3) is 10.0 Å². The van der Waals surface area contributed by atoms with Crippen LogP contribution in [0.4, 0.5) is 9.18 Å². The Morgan fingerprint density at radius 3 is 2.68 bits per heavy atom. The topological polar surface area (TPSA) is 79.6 Å². The fourth-order valence-corrected chi connectivity index (χ4v) is 4.08. The predicted molar refractivity (Wildman–Crippen MR) is 80.6 cm³/mol. The first-order valence-corrected chi connectivity index (χ1v) is 8.27. The fourth-order valence-electron chi connectivity index (χ4n) is 1.82. The maximum absolute atomic E-state index is 13.2. The van der Waals surface area contributed by atoms with Crippen LogP contribution in [0.2, 0.25) is 0 Å². The van der Waals surface area contributed by atoms with Crippen molar-refractivity contribution in [3.8, 4) is 0 Å². The Balaban J connectivity index is 2.40. The van der Waals surface area contributed by atoms with E-state index >= 15 is 0 Å². The van der Waals surface area contributed by atoms with E-state index in [1.807, 2.05) is 0 Å². The van der Waals surface area contributed by atoms with Crippen LogP contribution in [-0.4, -0.2) is 35.5 Å². The Morgan fingerprint density at radius 1 is 1.41 bits per heavy atom. The Labute approximate surface area is 135 Å². The Morgan fingerprint density at radius 2 is 2.09 bits per heavy atom. The van der Waals surface area contributed by atoms with Crippen molar-refractivity contribution in [2.45, 2.75) is 11.4 Å². The van der Waals surface area contributed by atoms with Gasteiger partial charge < -0.3 is 10.0 Å². The molecule has 0 aliphatic heterocycles. The molecule has 1 aromatic heterocycles. The molecule has 0 saturated heterocycles. The monoisotopic (exact) mass is 390 g/mol. The summed E-state index contributed by atoms with van der Waals surface area (Å²) in [5, 5.41) is 8.84. The van der Waals surface area contributed by atoms with Gasteiger partial charge in [-0.25, -0.2) is 21.6 Å². The molecule has 118 valence electrons. The quantitative estimate of drug-likeness (QED) is 0.870. The van der Waals surface area contributed by atoms with Gasteiger partial charge in [-0.2, -0.15) is 0 Å². The molecule has 0 bridgehead atoms. The number of rotatable bonds is 4. The van der Waals surface area contributed by atoms with Gasteiger partial charge in [-0.1, -0.05) is 6.07 Å². The van der Waals surface area contributed by atoms with E-state index in [1.165, 1.54) is 31.4 Å². The zero-order valence-corrected chi connectivity index (χ0v) is 13.8. The third-order valence-corrected chi connectivity index (χ3v) is 5.41. The average molecular weight is 391 g/mol. The zero-order chi connectivity index (χ0) is 16.5. The maximum Gasteiger partial charge on any atom is 0.407 e. The van der Waals surface area contributed by atoms with E-state index in [1.54, 1.807) is 0 Å². The summed E-state index contributed by atoms with van der Waals surface area (Å²) in [6, 6.07) is 6.16. The summed E-state index contributed by atoms with van der Waals surface area (Å²) in [6.07, 6.45) is 0.167. The highest BCUT2D eigenvalue weighted by Gasteiger charge is 2.21. The average Bonchev–Trinajstić information content (AvgIpc) is 2.80. The van der Waals surface area contributed by atoms with Crippen LogP contribution in [0, 0.1) is 5.82 Å². The molecule has 0 unspecified atom stereocenters. The van der Waals surface area contributed by atoms with Crippen molar-refractivity contribution < 1.29 is 22.7 Å². The second-order valence-electron chi connectivity index (χ2n) is 4.57. The molecule has 0 aliphatic rings. The summed E-state index contributed by atoms with van der Waals surface area (Å²) in [7, 11) is -2.59. The van der Waals surface area contributed by atoms with E-state index in [2.05, 4.69) is 15.9 Å². The minimum atomic E-state index is -3.96. The molecule has 0 radical (unpaired) electrons. The molecule has 1 heterocycles. The van der Waals surface area contributed by atoms with Crippen LogP contribution in [0.1, 0.15) is 5.56 Å². The summed E-state index contributed by atoms with van der Waals surface area (Å²) in [5.74, 6) is -0.657. The molecule has 2 aromatic rings. The second kappa shape index (κ2) is 6.09. The summed E-state index contributed by atoms with van der Waals surface area (Å²) in [6.45, 7) is 0.0274. The Hall–Kier alpha value is -1.87. The molecule has 0 saturated carbocycles. The van der Waals surface area contributed by atoms with Gasteiger partial charge in [0, 0.05) is 13.2 Å². The van der Waals surface area contributed by atoms with E-state index in [0.29, 0.717) is 5.56 Å². The number of aromatic nitrogens is 1. The number of carbonyl (C=O) groups is 1. The van der Waals surface area contributed by atoms with E-state index in [0.717, 1.165) is 21.0 Å². The van der Waals surface area contributed by atoms with Crippen LogP contribution >= 0.6 is 15.9 Å². The predicted octanol–water partition coefficient (Wildman–Crippen LogP) is 2.74. The molecule has 9 heteroatoms. The first-order chi connectivity index (χ1) is 10.2. The first-order valence-electron chi connectivity index (χ1n) is 6.04. The lowest BCUT2D eigenvalue weighted by Gasteiger charge is -2.11. The van der Waals surface area contributed by atoms with E-state index in [4.69, 9.17) is 5.11 Å². The minimum Gasteiger partial charge on any atom is -0.465 e. The number of benzene rings is 1. The van der Waals surface area contributed by atoms with Crippen molar-refractivity contribution >= 4 is 32.0 Å². The third kappa shape index (κ3) is 3.30. The summed E-state index contributed by atoms with van der Waals surface area (Å²) >= 11 is 3.12. The van der Waals surface area contributed by atoms with Crippen LogP contribution in [0.15, 0.2) is 46.0 Å². The van der Waals surface area contributed by atoms with Gasteiger partial charge in [0.1, 0.15) is 10.4 Å². The lowest BCUT2D eigenvalue weighted by molar-refractivity contribution is 0.154. The van der Waals surface area contributed by atoms with Crippen molar-refractivity contribution in [2.75, 3.05) is 7.05 Å². The number of nitrogens with zero attached hydrogens (tertiary/aromatic N) is 2. The van der Waals surface area contributed by atoms with Crippen LogP contribution in [-0.2, 0) is 16.6 Å². The van der Waals surface area contributed by atoms with Crippen molar-refractivity contribution in [2.24, 2.45) is 0 Å². The summed E-state index contributed by atoms with van der Waals surface area (Å²) in [5.41, 5.74) is 0.483. The molecular weight excluding hydrogens is 379 g/mol. The molecule has 1 aromatic carbocycles. The van der Waals surface area contributed by atoms with Gasteiger partial charge in [-0.15, -0.1) is 0 Å². The standard InChI is InChI=1S/C13H12BrFN2O4S/c1-16(13(18)19)7-9-5-12(14)17(8-9)22(20,21)11-4-2-3-10(15)6-11/h2-6,8H,7H2,1H3,(H,18,19). The number of hydrogen-bond acceptors (Lipinski definition) is 3. The van der Waals surface area contributed by atoms with Crippen LogP contribution < -0.4 is 0 Å². The summed E-state index contributed by atoms with van der Waals surface area (Å²) < 4.78 is 39.3. The smallest absolute Gasteiger partial charge is 0.407 e. The Bertz CT molecular complexity index is 819. The molecule has 0 atom stereocenters. The lowest BCUT2D eigenvalue weighted by Crippen LogP contribution is -2.23. The number of amides is 1. The Kier molecular flexibility index (Phi) is 4.57. The molecule has 2 rings (SSSR count). The van der Waals surface area contributed by atoms with Gasteiger partial charge in [-0.3, -0.25) is 0 Å². The summed E-state index contributed by atoms with van der Waals surface area (Å²) in [4.78, 5) is 11.6. The molecule has 0 fully saturated rings. The van der Waals surface area contributed by atoms with Gasteiger partial charge in [0.15, 0.2) is 0 Å². The van der Waals surface area contributed by atoms with E-state index < -0.39 is 21.9 Å². The van der Waals surface area contributed by atoms with Gasteiger partial charge >= 0.3 is 6.09 Å². The van der Waals surface area contributed by atoms with Crippen molar-refractivity contribution in [1.82, 2.24) is 8.87 Å². The van der Waals surface area contributed by atoms with Crippen molar-refractivity contribution in [3.63, 3.8) is 0 Å². The molecule has 6 nitrogen and oxygen atoms in total. The normalized spacial score (nSPS) is 11.4. The molecular formula is C13H12BrFN2O4S. The lowest BCUT2D eigenvalue weighted by atomic mass is 10.3. The van der Waals surface area contributed by atoms with E-state index in [-0.39, 0.29) is 16.0 Å². The largest absolute Gasteiger partial charge is 0.465 e. The first kappa shape index (κ1) is 16.5. The minimum absolute atomic E-state index is 0.0274. The molecule has 0 spiro atoms. The molecule has 1 amide bonds. The number of carboxylic acid groups (broad SMARTS) is 1. The molecule has 1 N–H and O–H groups in total. The zero-order valence-electron chi connectivity index (χ0n) is 11.4. The highest BCUT2D eigenvalue weighted by Crippen LogP contribution is 2.23. The van der Waals surface area contributed by atoms with Crippen molar-refractivity contribution in [1.29, 1.82) is 0 Å². The van der Waals surface area contributed by atoms with Crippen LogP contribution in [0.5, 0.6) is 0 Å². The number of halogens is 2. The number of hydrogen-bond donors (Lipinski definition) is 1. The second-order valence-corrected chi connectivity index (χ2v) is 7.20. The molecule has 22 heavy (non-hydrogen) atoms. The third-order valence-electron chi connectivity index (χ3n) is 2.90. The van der Waals surface area contributed by atoms with Gasteiger partial charge in [0.2, 0.25) is 0 Å². The van der Waals surface area contributed by atoms with Crippen LogP contribution in [0.25, 0.3) is 0 Å². The highest BCUT2D eigenvalue weighted by atomic mass is 79.9. The van der Waals surface area contributed by atoms with Gasteiger partial charge in [-0.05, 0) is 45.8 Å². The molecule has 0 aliphatic carbocycles. The van der Waals surface area contributed by atoms with E-state index in [9.17, 15) is 17.6 Å².